The molecule has 2 saturated heterocycles. The number of hydrogen-bond acceptors (Lipinski definition) is 6. The quantitative estimate of drug-likeness (QED) is 0.759. The van der Waals surface area contributed by atoms with Crippen LogP contribution in [0.2, 0.25) is 0 Å². The number of aromatic amines is 1. The molecule has 1 N–H and O–H groups in total. The molecule has 1 unspecified atom stereocenters. The zero-order valence-electron chi connectivity index (χ0n) is 12.2. The van der Waals surface area contributed by atoms with Crippen molar-refractivity contribution in [2.75, 3.05) is 13.3 Å². The Labute approximate surface area is 124 Å². The molecule has 0 saturated carbocycles. The molecule has 0 bridgehead atoms. The van der Waals surface area contributed by atoms with Crippen LogP contribution >= 0.6 is 7.60 Å². The maximum Gasteiger partial charge on any atom is 0.330 e. The average molecular weight is 334 g/mol. The van der Waals surface area contributed by atoms with E-state index in [1.165, 1.54) is 26.7 Å². The van der Waals surface area contributed by atoms with Crippen molar-refractivity contribution in [1.29, 1.82) is 0 Å². The van der Waals surface area contributed by atoms with Crippen LogP contribution in [-0.4, -0.2) is 40.7 Å². The van der Waals surface area contributed by atoms with Crippen LogP contribution in [0, 0.1) is 6.92 Å². The standard InChI is InChI=1S/C12H16FN2O6P/c1-6-4-15(11(17)14-9(6)16)10-12(2,13)8-7(20-10)5-19-22(3,18)21-8/h4,7-8,10H,5H2,1-3H3,(H,14,16,17)/t7-,8-,10-,12-,22?/m1/s1. The van der Waals surface area contributed by atoms with Crippen molar-refractivity contribution in [3.63, 3.8) is 0 Å². The van der Waals surface area contributed by atoms with E-state index in [0.717, 1.165) is 4.57 Å². The van der Waals surface area contributed by atoms with Crippen molar-refractivity contribution < 1.29 is 22.7 Å². The second-order valence-corrected chi connectivity index (χ2v) is 7.76. The minimum atomic E-state index is -3.35. The Morgan fingerprint density at radius 3 is 2.86 bits per heavy atom. The Balaban J connectivity index is 2.03. The van der Waals surface area contributed by atoms with E-state index in [4.69, 9.17) is 13.8 Å². The van der Waals surface area contributed by atoms with Gasteiger partial charge in [-0.3, -0.25) is 23.4 Å². The van der Waals surface area contributed by atoms with Gasteiger partial charge in [-0.2, -0.15) is 0 Å². The van der Waals surface area contributed by atoms with E-state index in [9.17, 15) is 14.2 Å². The number of rotatable bonds is 1. The first-order valence-electron chi connectivity index (χ1n) is 6.69. The van der Waals surface area contributed by atoms with Crippen LogP contribution in [-0.2, 0) is 18.3 Å². The van der Waals surface area contributed by atoms with Crippen molar-refractivity contribution in [3.8, 4) is 0 Å². The molecular weight excluding hydrogens is 318 g/mol. The van der Waals surface area contributed by atoms with Gasteiger partial charge < -0.3 is 9.26 Å². The third-order valence-electron chi connectivity index (χ3n) is 3.86. The van der Waals surface area contributed by atoms with Crippen LogP contribution in [0.1, 0.15) is 18.7 Å². The first-order valence-corrected chi connectivity index (χ1v) is 8.68. The van der Waals surface area contributed by atoms with Crippen molar-refractivity contribution in [2.24, 2.45) is 0 Å². The number of fused-ring (bicyclic) bond motifs is 1. The van der Waals surface area contributed by atoms with Gasteiger partial charge in [-0.25, -0.2) is 9.18 Å². The summed E-state index contributed by atoms with van der Waals surface area (Å²) in [5.74, 6) is 0. The van der Waals surface area contributed by atoms with Gasteiger partial charge in [0.15, 0.2) is 11.9 Å². The highest BCUT2D eigenvalue weighted by atomic mass is 31.2. The topological polar surface area (TPSA) is 99.6 Å². The lowest BCUT2D eigenvalue weighted by Gasteiger charge is -2.33. The van der Waals surface area contributed by atoms with Crippen LogP contribution in [0.4, 0.5) is 4.39 Å². The van der Waals surface area contributed by atoms with E-state index in [2.05, 4.69) is 4.98 Å². The maximum atomic E-state index is 15.2. The number of ether oxygens (including phenoxy) is 1. The highest BCUT2D eigenvalue weighted by molar-refractivity contribution is 7.53. The summed E-state index contributed by atoms with van der Waals surface area (Å²) in [5, 5.41) is 0. The molecular formula is C12H16FN2O6P. The summed E-state index contributed by atoms with van der Waals surface area (Å²) in [5.41, 5.74) is -3.21. The van der Waals surface area contributed by atoms with Crippen LogP contribution in [0.15, 0.2) is 15.8 Å². The number of halogens is 1. The summed E-state index contributed by atoms with van der Waals surface area (Å²) in [6, 6.07) is 0. The predicted octanol–water partition coefficient (Wildman–Crippen LogP) is 0.709. The van der Waals surface area contributed by atoms with Crippen molar-refractivity contribution in [1.82, 2.24) is 9.55 Å². The minimum Gasteiger partial charge on any atom is -0.346 e. The van der Waals surface area contributed by atoms with Gasteiger partial charge in [-0.1, -0.05) is 0 Å². The molecule has 3 rings (SSSR count). The van der Waals surface area contributed by atoms with Gasteiger partial charge in [-0.15, -0.1) is 0 Å². The van der Waals surface area contributed by atoms with Crippen LogP contribution < -0.4 is 11.2 Å². The van der Waals surface area contributed by atoms with Crippen LogP contribution in [0.3, 0.4) is 0 Å². The monoisotopic (exact) mass is 334 g/mol. The molecule has 0 radical (unpaired) electrons. The molecule has 2 aliphatic heterocycles. The van der Waals surface area contributed by atoms with Crippen LogP contribution in [0.25, 0.3) is 0 Å². The fraction of sp³-hybridized carbons (Fsp3) is 0.667. The lowest BCUT2D eigenvalue weighted by molar-refractivity contribution is -0.0630. The van der Waals surface area contributed by atoms with Crippen molar-refractivity contribution in [3.05, 3.63) is 32.6 Å². The zero-order chi connectivity index (χ0) is 16.3. The third-order valence-corrected chi connectivity index (χ3v) is 5.09. The van der Waals surface area contributed by atoms with Gasteiger partial charge in [-0.05, 0) is 13.8 Å². The Kier molecular flexibility index (Phi) is 3.45. The Bertz CT molecular complexity index is 772. The van der Waals surface area contributed by atoms with Crippen LogP contribution in [0.5, 0.6) is 0 Å². The summed E-state index contributed by atoms with van der Waals surface area (Å²) in [6.07, 6.45) is -2.00. The van der Waals surface area contributed by atoms with Gasteiger partial charge in [0.2, 0.25) is 0 Å². The Hall–Kier alpha value is -1.28. The zero-order valence-corrected chi connectivity index (χ0v) is 13.1. The summed E-state index contributed by atoms with van der Waals surface area (Å²) in [7, 11) is -3.35. The SMILES string of the molecule is Cc1cn([C@@H]2O[C@@H]3COP(C)(=O)O[C@H]3[C@@]2(C)F)c(=O)[nH]c1=O. The molecule has 10 heteroatoms. The van der Waals surface area contributed by atoms with Crippen molar-refractivity contribution in [2.45, 2.75) is 38.0 Å². The molecule has 8 nitrogen and oxygen atoms in total. The van der Waals surface area contributed by atoms with Gasteiger partial charge >= 0.3 is 13.3 Å². The second kappa shape index (κ2) is 4.86. The van der Waals surface area contributed by atoms with Gasteiger partial charge in [0, 0.05) is 18.4 Å². The van der Waals surface area contributed by atoms with E-state index < -0.39 is 42.9 Å². The minimum absolute atomic E-state index is 0.0917. The van der Waals surface area contributed by atoms with Crippen molar-refractivity contribution >= 4 is 7.60 Å². The maximum absolute atomic E-state index is 15.2. The van der Waals surface area contributed by atoms with E-state index in [1.807, 2.05) is 0 Å². The van der Waals surface area contributed by atoms with E-state index in [1.54, 1.807) is 0 Å². The summed E-state index contributed by atoms with van der Waals surface area (Å²) >= 11 is 0. The highest BCUT2D eigenvalue weighted by Gasteiger charge is 2.60. The first-order chi connectivity index (χ1) is 10.1. The molecule has 3 heterocycles. The average Bonchev–Trinajstić information content (AvgIpc) is 2.65. The largest absolute Gasteiger partial charge is 0.346 e. The number of hydrogen-bond donors (Lipinski definition) is 1. The van der Waals surface area contributed by atoms with E-state index >= 15 is 4.39 Å². The smallest absolute Gasteiger partial charge is 0.330 e. The fourth-order valence-electron chi connectivity index (χ4n) is 2.72. The molecule has 0 aliphatic carbocycles. The number of nitrogens with zero attached hydrogens (tertiary/aromatic N) is 1. The lowest BCUT2D eigenvalue weighted by atomic mass is 9.98. The predicted molar refractivity (Wildman–Crippen MR) is 73.8 cm³/mol. The second-order valence-electron chi connectivity index (χ2n) is 5.75. The number of aromatic nitrogens is 2. The normalized spacial score (nSPS) is 41.4. The number of H-pyrrole nitrogens is 1. The molecule has 5 atom stereocenters. The molecule has 2 aliphatic rings. The fourth-order valence-corrected chi connectivity index (χ4v) is 3.95. The third kappa shape index (κ3) is 2.38. The number of aryl methyl sites for hydroxylation is 1. The summed E-state index contributed by atoms with van der Waals surface area (Å²) < 4.78 is 43.8. The first kappa shape index (κ1) is 15.6. The molecule has 1 aromatic rings. The summed E-state index contributed by atoms with van der Waals surface area (Å²) in [6.45, 7) is 3.86. The molecule has 2 fully saturated rings. The van der Waals surface area contributed by atoms with E-state index in [-0.39, 0.29) is 12.2 Å². The lowest BCUT2D eigenvalue weighted by Crippen LogP contribution is -2.46. The summed E-state index contributed by atoms with van der Waals surface area (Å²) in [4.78, 5) is 25.5. The van der Waals surface area contributed by atoms with Gasteiger partial charge in [0.1, 0.15) is 12.2 Å². The molecule has 0 aromatic carbocycles. The van der Waals surface area contributed by atoms with Gasteiger partial charge in [0.25, 0.3) is 5.56 Å². The Morgan fingerprint density at radius 1 is 1.50 bits per heavy atom. The van der Waals surface area contributed by atoms with E-state index in [0.29, 0.717) is 0 Å². The molecule has 0 amide bonds. The van der Waals surface area contributed by atoms with Gasteiger partial charge in [0.05, 0.1) is 6.61 Å². The number of alkyl halides is 1. The molecule has 22 heavy (non-hydrogen) atoms. The number of nitrogens with one attached hydrogen (secondary N) is 1. The molecule has 1 aromatic heterocycles. The molecule has 122 valence electrons. The molecule has 0 spiro atoms. The Morgan fingerprint density at radius 2 is 2.18 bits per heavy atom. The highest BCUT2D eigenvalue weighted by Crippen LogP contribution is 2.56.